The minimum atomic E-state index is 0.830. The molecule has 18 heavy (non-hydrogen) atoms. The molecule has 0 saturated heterocycles. The number of aryl methyl sites for hydroxylation is 1. The number of nitrogens with one attached hydrogen (secondary N) is 2. The Balaban J connectivity index is 1.95. The van der Waals surface area contributed by atoms with Crippen LogP contribution in [-0.2, 0) is 12.8 Å². The summed E-state index contributed by atoms with van der Waals surface area (Å²) in [6, 6.07) is 1.92. The molecule has 0 aliphatic carbocycles. The van der Waals surface area contributed by atoms with E-state index in [2.05, 4.69) is 25.6 Å². The molecule has 2 rings (SSSR count). The maximum absolute atomic E-state index is 4.44. The Kier molecular flexibility index (Phi) is 4.46. The first kappa shape index (κ1) is 12.8. The van der Waals surface area contributed by atoms with Crippen LogP contribution in [0.3, 0.4) is 0 Å². The fourth-order valence-corrected chi connectivity index (χ4v) is 2.17. The van der Waals surface area contributed by atoms with Crippen LogP contribution in [0.15, 0.2) is 17.6 Å². The Labute approximate surface area is 111 Å². The molecule has 0 aliphatic rings. The molecule has 2 N–H and O–H groups in total. The van der Waals surface area contributed by atoms with Gasteiger partial charge in [-0.1, -0.05) is 6.92 Å². The summed E-state index contributed by atoms with van der Waals surface area (Å²) >= 11 is 1.68. The van der Waals surface area contributed by atoms with E-state index in [1.165, 1.54) is 0 Å². The summed E-state index contributed by atoms with van der Waals surface area (Å²) in [6.45, 7) is 2.88. The van der Waals surface area contributed by atoms with Crippen molar-refractivity contribution in [2.45, 2.75) is 19.8 Å². The SMILES string of the molecule is CCc1nc(NC)cc(NCCc2nccs2)n1. The van der Waals surface area contributed by atoms with Crippen LogP contribution in [-0.4, -0.2) is 28.5 Å². The van der Waals surface area contributed by atoms with Crippen molar-refractivity contribution in [3.05, 3.63) is 28.5 Å². The highest BCUT2D eigenvalue weighted by molar-refractivity contribution is 7.09. The average Bonchev–Trinajstić information content (AvgIpc) is 2.91. The molecule has 2 aromatic heterocycles. The number of rotatable bonds is 6. The normalized spacial score (nSPS) is 10.3. The van der Waals surface area contributed by atoms with Crippen molar-refractivity contribution in [3.63, 3.8) is 0 Å². The number of aromatic nitrogens is 3. The van der Waals surface area contributed by atoms with Crippen molar-refractivity contribution in [1.29, 1.82) is 0 Å². The molecule has 0 aromatic carbocycles. The molecular weight excluding hydrogens is 246 g/mol. The average molecular weight is 263 g/mol. The quantitative estimate of drug-likeness (QED) is 0.836. The summed E-state index contributed by atoms with van der Waals surface area (Å²) in [7, 11) is 1.86. The van der Waals surface area contributed by atoms with Crippen LogP contribution in [0.2, 0.25) is 0 Å². The van der Waals surface area contributed by atoms with Crippen molar-refractivity contribution in [3.8, 4) is 0 Å². The van der Waals surface area contributed by atoms with Crippen LogP contribution < -0.4 is 10.6 Å². The third-order valence-electron chi connectivity index (χ3n) is 2.47. The van der Waals surface area contributed by atoms with E-state index < -0.39 is 0 Å². The van der Waals surface area contributed by atoms with Crippen LogP contribution in [0.1, 0.15) is 17.8 Å². The van der Waals surface area contributed by atoms with Gasteiger partial charge in [-0.25, -0.2) is 15.0 Å². The topological polar surface area (TPSA) is 62.7 Å². The minimum absolute atomic E-state index is 0.830. The summed E-state index contributed by atoms with van der Waals surface area (Å²) in [6.07, 6.45) is 3.58. The van der Waals surface area contributed by atoms with Gasteiger partial charge in [0.2, 0.25) is 0 Å². The van der Waals surface area contributed by atoms with Gasteiger partial charge in [0.05, 0.1) is 5.01 Å². The first-order valence-corrected chi connectivity index (χ1v) is 6.87. The Morgan fingerprint density at radius 1 is 1.28 bits per heavy atom. The van der Waals surface area contributed by atoms with Crippen LogP contribution >= 0.6 is 11.3 Å². The van der Waals surface area contributed by atoms with E-state index in [4.69, 9.17) is 0 Å². The number of anilines is 2. The number of nitrogens with zero attached hydrogens (tertiary/aromatic N) is 3. The molecule has 0 amide bonds. The van der Waals surface area contributed by atoms with E-state index in [9.17, 15) is 0 Å². The van der Waals surface area contributed by atoms with Gasteiger partial charge < -0.3 is 10.6 Å². The lowest BCUT2D eigenvalue weighted by molar-refractivity contribution is 0.924. The summed E-state index contributed by atoms with van der Waals surface area (Å²) in [5.74, 6) is 2.56. The van der Waals surface area contributed by atoms with E-state index in [-0.39, 0.29) is 0 Å². The third-order valence-corrected chi connectivity index (χ3v) is 3.31. The van der Waals surface area contributed by atoms with E-state index in [0.29, 0.717) is 0 Å². The van der Waals surface area contributed by atoms with Gasteiger partial charge in [-0.15, -0.1) is 11.3 Å². The molecular formula is C12H17N5S. The lowest BCUT2D eigenvalue weighted by atomic mass is 10.4. The predicted octanol–water partition coefficient (Wildman–Crippen LogP) is 2.19. The van der Waals surface area contributed by atoms with Gasteiger partial charge in [0.15, 0.2) is 0 Å². The van der Waals surface area contributed by atoms with E-state index in [1.54, 1.807) is 11.3 Å². The van der Waals surface area contributed by atoms with Gasteiger partial charge in [-0.3, -0.25) is 0 Å². The lowest BCUT2D eigenvalue weighted by Gasteiger charge is -2.08. The van der Waals surface area contributed by atoms with E-state index in [0.717, 1.165) is 41.9 Å². The maximum atomic E-state index is 4.44. The van der Waals surface area contributed by atoms with Gasteiger partial charge in [0, 0.05) is 44.1 Å². The van der Waals surface area contributed by atoms with Gasteiger partial charge in [0.25, 0.3) is 0 Å². The van der Waals surface area contributed by atoms with E-state index in [1.807, 2.05) is 31.6 Å². The molecule has 0 aliphatic heterocycles. The Morgan fingerprint density at radius 2 is 2.11 bits per heavy atom. The monoisotopic (exact) mass is 263 g/mol. The fourth-order valence-electron chi connectivity index (χ4n) is 1.55. The summed E-state index contributed by atoms with van der Waals surface area (Å²) in [4.78, 5) is 13.0. The van der Waals surface area contributed by atoms with Crippen molar-refractivity contribution >= 4 is 23.0 Å². The molecule has 0 spiro atoms. The van der Waals surface area contributed by atoms with Crippen LogP contribution in [0.25, 0.3) is 0 Å². The lowest BCUT2D eigenvalue weighted by Crippen LogP contribution is -2.09. The van der Waals surface area contributed by atoms with E-state index >= 15 is 0 Å². The number of hydrogen-bond donors (Lipinski definition) is 2. The summed E-state index contributed by atoms with van der Waals surface area (Å²) < 4.78 is 0. The zero-order valence-corrected chi connectivity index (χ0v) is 11.4. The minimum Gasteiger partial charge on any atom is -0.373 e. The van der Waals surface area contributed by atoms with Crippen molar-refractivity contribution < 1.29 is 0 Å². The molecule has 0 saturated carbocycles. The van der Waals surface area contributed by atoms with Gasteiger partial charge >= 0.3 is 0 Å². The first-order valence-electron chi connectivity index (χ1n) is 5.99. The van der Waals surface area contributed by atoms with Gasteiger partial charge in [-0.2, -0.15) is 0 Å². The standard InChI is InChI=1S/C12H17N5S/c1-3-9-16-10(13-2)8-11(17-9)14-5-4-12-15-6-7-18-12/h6-8H,3-5H2,1-2H3,(H2,13,14,16,17). The predicted molar refractivity (Wildman–Crippen MR) is 75.3 cm³/mol. The molecule has 0 fully saturated rings. The molecule has 0 bridgehead atoms. The second-order valence-corrected chi connectivity index (χ2v) is 4.74. The molecule has 6 heteroatoms. The fraction of sp³-hybridized carbons (Fsp3) is 0.417. The van der Waals surface area contributed by atoms with Crippen molar-refractivity contribution in [1.82, 2.24) is 15.0 Å². The smallest absolute Gasteiger partial charge is 0.132 e. The molecule has 96 valence electrons. The maximum Gasteiger partial charge on any atom is 0.132 e. The molecule has 5 nitrogen and oxygen atoms in total. The highest BCUT2D eigenvalue weighted by Crippen LogP contribution is 2.12. The Bertz CT molecular complexity index is 461. The van der Waals surface area contributed by atoms with Gasteiger partial charge in [-0.05, 0) is 0 Å². The second kappa shape index (κ2) is 6.30. The highest BCUT2D eigenvalue weighted by Gasteiger charge is 2.02. The first-order chi connectivity index (χ1) is 8.81. The third kappa shape index (κ3) is 3.40. The largest absolute Gasteiger partial charge is 0.373 e. The van der Waals surface area contributed by atoms with Crippen LogP contribution in [0, 0.1) is 0 Å². The van der Waals surface area contributed by atoms with Gasteiger partial charge in [0.1, 0.15) is 17.5 Å². The molecule has 0 atom stereocenters. The Morgan fingerprint density at radius 3 is 2.78 bits per heavy atom. The van der Waals surface area contributed by atoms with Crippen LogP contribution in [0.4, 0.5) is 11.6 Å². The Hall–Kier alpha value is -1.69. The second-order valence-electron chi connectivity index (χ2n) is 3.76. The molecule has 0 unspecified atom stereocenters. The number of thiazole rings is 1. The summed E-state index contributed by atoms with van der Waals surface area (Å²) in [5, 5.41) is 9.49. The highest BCUT2D eigenvalue weighted by atomic mass is 32.1. The van der Waals surface area contributed by atoms with Crippen LogP contribution in [0.5, 0.6) is 0 Å². The molecule has 2 aromatic rings. The zero-order valence-electron chi connectivity index (χ0n) is 10.6. The van der Waals surface area contributed by atoms with Crippen molar-refractivity contribution in [2.75, 3.05) is 24.2 Å². The number of hydrogen-bond acceptors (Lipinski definition) is 6. The molecule has 2 heterocycles. The summed E-state index contributed by atoms with van der Waals surface area (Å²) in [5.41, 5.74) is 0. The van der Waals surface area contributed by atoms with Crippen molar-refractivity contribution in [2.24, 2.45) is 0 Å². The zero-order chi connectivity index (χ0) is 12.8. The molecule has 0 radical (unpaired) electrons.